The lowest BCUT2D eigenvalue weighted by Crippen LogP contribution is -2.48. The first kappa shape index (κ1) is 17.7. The molecule has 2 aromatic carbocycles. The summed E-state index contributed by atoms with van der Waals surface area (Å²) in [5.74, 6) is 0.134. The van der Waals surface area contributed by atoms with Gasteiger partial charge in [-0.15, -0.1) is 0 Å². The van der Waals surface area contributed by atoms with Crippen molar-refractivity contribution in [2.45, 2.75) is 26.2 Å². The molecular formula is C23H27N3O. The van der Waals surface area contributed by atoms with Gasteiger partial charge in [0.05, 0.1) is 0 Å². The molecule has 0 saturated carbocycles. The number of carbonyl (C=O) groups is 1. The van der Waals surface area contributed by atoms with E-state index in [0.717, 1.165) is 37.3 Å². The van der Waals surface area contributed by atoms with Gasteiger partial charge < -0.3 is 14.8 Å². The number of rotatable bonds is 2. The SMILES string of the molecule is CC(C)(C)c1ccc(C(=O)N2CCN(c3cccc4[nH]ccc34)CC2)cc1. The zero-order valence-corrected chi connectivity index (χ0v) is 16.3. The highest BCUT2D eigenvalue weighted by Gasteiger charge is 2.23. The number of aromatic nitrogens is 1. The number of benzene rings is 2. The summed E-state index contributed by atoms with van der Waals surface area (Å²) in [6, 6.07) is 16.6. The van der Waals surface area contributed by atoms with Gasteiger partial charge in [0.2, 0.25) is 0 Å². The van der Waals surface area contributed by atoms with Gasteiger partial charge in [0.1, 0.15) is 0 Å². The van der Waals surface area contributed by atoms with Crippen LogP contribution < -0.4 is 4.90 Å². The van der Waals surface area contributed by atoms with Gasteiger partial charge in [0, 0.05) is 54.5 Å². The van der Waals surface area contributed by atoms with Crippen LogP contribution in [-0.2, 0) is 5.41 Å². The molecule has 3 aromatic rings. The molecule has 0 aliphatic carbocycles. The number of hydrogen-bond donors (Lipinski definition) is 1. The standard InChI is InChI=1S/C23H27N3O/c1-23(2,3)18-9-7-17(8-10-18)22(27)26-15-13-25(14-16-26)21-6-4-5-20-19(21)11-12-24-20/h4-12,24H,13-16H2,1-3H3. The van der Waals surface area contributed by atoms with E-state index in [4.69, 9.17) is 0 Å². The predicted molar refractivity (Wildman–Crippen MR) is 112 cm³/mol. The summed E-state index contributed by atoms with van der Waals surface area (Å²) >= 11 is 0. The number of nitrogens with zero attached hydrogens (tertiary/aromatic N) is 2. The Kier molecular flexibility index (Phi) is 4.42. The van der Waals surface area contributed by atoms with Crippen LogP contribution in [0.2, 0.25) is 0 Å². The summed E-state index contributed by atoms with van der Waals surface area (Å²) in [6.07, 6.45) is 1.98. The average Bonchev–Trinajstić information content (AvgIpc) is 3.16. The quantitative estimate of drug-likeness (QED) is 0.733. The minimum atomic E-state index is 0.104. The van der Waals surface area contributed by atoms with E-state index in [1.54, 1.807) is 0 Å². The highest BCUT2D eigenvalue weighted by atomic mass is 16.2. The van der Waals surface area contributed by atoms with E-state index < -0.39 is 0 Å². The van der Waals surface area contributed by atoms with Gasteiger partial charge in [0.15, 0.2) is 0 Å². The van der Waals surface area contributed by atoms with E-state index in [1.807, 2.05) is 23.2 Å². The normalized spacial score (nSPS) is 15.4. The van der Waals surface area contributed by atoms with Crippen molar-refractivity contribution >= 4 is 22.5 Å². The lowest BCUT2D eigenvalue weighted by atomic mass is 9.86. The van der Waals surface area contributed by atoms with Crippen LogP contribution in [0, 0.1) is 0 Å². The van der Waals surface area contributed by atoms with Crippen LogP contribution in [0.5, 0.6) is 0 Å². The van der Waals surface area contributed by atoms with Gasteiger partial charge in [-0.05, 0) is 41.3 Å². The average molecular weight is 361 g/mol. The lowest BCUT2D eigenvalue weighted by molar-refractivity contribution is 0.0747. The van der Waals surface area contributed by atoms with Crippen LogP contribution in [0.25, 0.3) is 10.9 Å². The Labute approximate surface area is 160 Å². The maximum Gasteiger partial charge on any atom is 0.253 e. The second kappa shape index (κ2) is 6.76. The molecular weight excluding hydrogens is 334 g/mol. The molecule has 1 saturated heterocycles. The van der Waals surface area contributed by atoms with E-state index in [2.05, 4.69) is 67.1 Å². The lowest BCUT2D eigenvalue weighted by Gasteiger charge is -2.36. The molecule has 140 valence electrons. The summed E-state index contributed by atoms with van der Waals surface area (Å²) in [6.45, 7) is 9.78. The number of amides is 1. The zero-order valence-electron chi connectivity index (χ0n) is 16.3. The van der Waals surface area contributed by atoms with Gasteiger partial charge in [-0.25, -0.2) is 0 Å². The van der Waals surface area contributed by atoms with E-state index in [9.17, 15) is 4.79 Å². The number of H-pyrrole nitrogens is 1. The highest BCUT2D eigenvalue weighted by molar-refractivity contribution is 5.95. The number of hydrogen-bond acceptors (Lipinski definition) is 2. The molecule has 1 aromatic heterocycles. The molecule has 1 aliphatic heterocycles. The van der Waals surface area contributed by atoms with Gasteiger partial charge in [-0.2, -0.15) is 0 Å². The molecule has 0 spiro atoms. The molecule has 1 amide bonds. The molecule has 0 atom stereocenters. The van der Waals surface area contributed by atoms with Crippen LogP contribution in [0.4, 0.5) is 5.69 Å². The fraction of sp³-hybridized carbons (Fsp3) is 0.348. The molecule has 4 nitrogen and oxygen atoms in total. The first-order valence-corrected chi connectivity index (χ1v) is 9.64. The number of carbonyl (C=O) groups excluding carboxylic acids is 1. The fourth-order valence-electron chi connectivity index (χ4n) is 3.79. The summed E-state index contributed by atoms with van der Waals surface area (Å²) in [7, 11) is 0. The van der Waals surface area contributed by atoms with E-state index in [-0.39, 0.29) is 11.3 Å². The van der Waals surface area contributed by atoms with Crippen LogP contribution in [-0.4, -0.2) is 42.0 Å². The number of nitrogens with one attached hydrogen (secondary N) is 1. The van der Waals surface area contributed by atoms with Gasteiger partial charge >= 0.3 is 0 Å². The molecule has 1 N–H and O–H groups in total. The molecule has 2 heterocycles. The van der Waals surface area contributed by atoms with Crippen molar-refractivity contribution in [3.8, 4) is 0 Å². The van der Waals surface area contributed by atoms with Gasteiger partial charge in [-0.1, -0.05) is 39.0 Å². The minimum absolute atomic E-state index is 0.104. The maximum absolute atomic E-state index is 12.9. The third-order valence-electron chi connectivity index (χ3n) is 5.48. The van der Waals surface area contributed by atoms with Crippen molar-refractivity contribution < 1.29 is 4.79 Å². The first-order valence-electron chi connectivity index (χ1n) is 9.64. The molecule has 0 radical (unpaired) electrons. The smallest absolute Gasteiger partial charge is 0.253 e. The van der Waals surface area contributed by atoms with Crippen molar-refractivity contribution in [1.29, 1.82) is 0 Å². The molecule has 0 bridgehead atoms. The number of anilines is 1. The molecule has 27 heavy (non-hydrogen) atoms. The Hall–Kier alpha value is -2.75. The molecule has 4 rings (SSSR count). The van der Waals surface area contributed by atoms with Gasteiger partial charge in [-0.3, -0.25) is 4.79 Å². The second-order valence-corrected chi connectivity index (χ2v) is 8.32. The van der Waals surface area contributed by atoms with Crippen molar-refractivity contribution in [1.82, 2.24) is 9.88 Å². The van der Waals surface area contributed by atoms with Gasteiger partial charge in [0.25, 0.3) is 5.91 Å². The van der Waals surface area contributed by atoms with Crippen LogP contribution in [0.15, 0.2) is 54.7 Å². The Morgan fingerprint density at radius 3 is 2.30 bits per heavy atom. The topological polar surface area (TPSA) is 39.3 Å². The van der Waals surface area contributed by atoms with E-state index >= 15 is 0 Å². The third kappa shape index (κ3) is 3.44. The number of fused-ring (bicyclic) bond motifs is 1. The summed E-state index contributed by atoms with van der Waals surface area (Å²) < 4.78 is 0. The molecule has 0 unspecified atom stereocenters. The van der Waals surface area contributed by atoms with Crippen molar-refractivity contribution in [3.63, 3.8) is 0 Å². The third-order valence-corrected chi connectivity index (χ3v) is 5.48. The summed E-state index contributed by atoms with van der Waals surface area (Å²) in [5.41, 5.74) is 4.54. The second-order valence-electron chi connectivity index (χ2n) is 8.32. The Morgan fingerprint density at radius 1 is 0.926 bits per heavy atom. The molecule has 1 fully saturated rings. The summed E-state index contributed by atoms with van der Waals surface area (Å²) in [5, 5.41) is 1.25. The number of aromatic amines is 1. The Morgan fingerprint density at radius 2 is 1.63 bits per heavy atom. The number of piperazine rings is 1. The van der Waals surface area contributed by atoms with Crippen molar-refractivity contribution in [3.05, 3.63) is 65.9 Å². The minimum Gasteiger partial charge on any atom is -0.367 e. The molecule has 1 aliphatic rings. The molecule has 4 heteroatoms. The van der Waals surface area contributed by atoms with Crippen LogP contribution in [0.3, 0.4) is 0 Å². The van der Waals surface area contributed by atoms with Crippen LogP contribution in [0.1, 0.15) is 36.7 Å². The first-order chi connectivity index (χ1) is 12.9. The van der Waals surface area contributed by atoms with E-state index in [0.29, 0.717) is 0 Å². The Balaban J connectivity index is 1.44. The predicted octanol–water partition coefficient (Wildman–Crippen LogP) is 4.43. The Bertz CT molecular complexity index is 942. The fourth-order valence-corrected chi connectivity index (χ4v) is 3.79. The van der Waals surface area contributed by atoms with Crippen molar-refractivity contribution in [2.24, 2.45) is 0 Å². The van der Waals surface area contributed by atoms with Crippen molar-refractivity contribution in [2.75, 3.05) is 31.1 Å². The van der Waals surface area contributed by atoms with E-state index in [1.165, 1.54) is 16.6 Å². The monoisotopic (exact) mass is 361 g/mol. The summed E-state index contributed by atoms with van der Waals surface area (Å²) in [4.78, 5) is 20.5. The maximum atomic E-state index is 12.9. The zero-order chi connectivity index (χ0) is 19.0. The van der Waals surface area contributed by atoms with Crippen LogP contribution >= 0.6 is 0 Å². The largest absolute Gasteiger partial charge is 0.367 e. The highest BCUT2D eigenvalue weighted by Crippen LogP contribution is 2.27.